The monoisotopic (exact) mass is 199 g/mol. The summed E-state index contributed by atoms with van der Waals surface area (Å²) in [7, 11) is 0. The minimum atomic E-state index is -2.52. The first-order valence-electron chi connectivity index (χ1n) is 4.48. The fraction of sp³-hybridized carbons (Fsp3) is 0.400. The van der Waals surface area contributed by atoms with E-state index in [1.165, 1.54) is 0 Å². The largest absolute Gasteiger partial charge is 0.493 e. The molecule has 0 amide bonds. The van der Waals surface area contributed by atoms with E-state index in [0.717, 1.165) is 17.7 Å². The van der Waals surface area contributed by atoms with Gasteiger partial charge in [-0.15, -0.1) is 0 Å². The Morgan fingerprint density at radius 1 is 1.36 bits per heavy atom. The van der Waals surface area contributed by atoms with Crippen molar-refractivity contribution in [2.45, 2.75) is 18.9 Å². The topological polar surface area (TPSA) is 35.2 Å². The lowest BCUT2D eigenvalue weighted by Gasteiger charge is -2.11. The van der Waals surface area contributed by atoms with Crippen LogP contribution in [0.2, 0.25) is 0 Å². The second kappa shape index (κ2) is 3.53. The molecule has 2 N–H and O–H groups in total. The Bertz CT molecular complexity index is 341. The second-order valence-electron chi connectivity index (χ2n) is 3.33. The van der Waals surface area contributed by atoms with E-state index in [1.807, 2.05) is 0 Å². The Labute approximate surface area is 80.7 Å². The lowest BCUT2D eigenvalue weighted by atomic mass is 10.0. The third kappa shape index (κ3) is 1.57. The molecule has 1 aliphatic rings. The van der Waals surface area contributed by atoms with Crippen molar-refractivity contribution in [3.05, 3.63) is 29.3 Å². The fourth-order valence-corrected chi connectivity index (χ4v) is 1.56. The number of halogens is 2. The van der Waals surface area contributed by atoms with Gasteiger partial charge >= 0.3 is 0 Å². The Morgan fingerprint density at radius 2 is 2.14 bits per heavy atom. The molecule has 2 rings (SSSR count). The van der Waals surface area contributed by atoms with Gasteiger partial charge in [-0.2, -0.15) is 0 Å². The van der Waals surface area contributed by atoms with Crippen LogP contribution >= 0.6 is 0 Å². The summed E-state index contributed by atoms with van der Waals surface area (Å²) in [5.41, 5.74) is 6.79. The van der Waals surface area contributed by atoms with Gasteiger partial charge in [-0.1, -0.05) is 12.1 Å². The molecule has 4 heteroatoms. The first-order valence-corrected chi connectivity index (χ1v) is 4.48. The van der Waals surface area contributed by atoms with Crippen molar-refractivity contribution in [1.29, 1.82) is 0 Å². The van der Waals surface area contributed by atoms with Crippen molar-refractivity contribution < 1.29 is 13.5 Å². The summed E-state index contributed by atoms with van der Waals surface area (Å²) in [6, 6.07) is 3.82. The zero-order chi connectivity index (χ0) is 10.1. The van der Waals surface area contributed by atoms with Gasteiger partial charge in [-0.25, -0.2) is 8.78 Å². The van der Waals surface area contributed by atoms with Crippen LogP contribution in [-0.2, 0) is 6.42 Å². The molecule has 0 saturated heterocycles. The fourth-order valence-electron chi connectivity index (χ4n) is 1.56. The summed E-state index contributed by atoms with van der Waals surface area (Å²) in [6.07, 6.45) is -1.74. The van der Waals surface area contributed by atoms with Crippen LogP contribution in [0.4, 0.5) is 8.78 Å². The van der Waals surface area contributed by atoms with Gasteiger partial charge in [0.1, 0.15) is 5.75 Å². The van der Waals surface area contributed by atoms with Crippen LogP contribution in [0.5, 0.6) is 5.75 Å². The molecule has 0 unspecified atom stereocenters. The second-order valence-corrected chi connectivity index (χ2v) is 3.33. The quantitative estimate of drug-likeness (QED) is 0.789. The van der Waals surface area contributed by atoms with Crippen molar-refractivity contribution in [3.8, 4) is 5.75 Å². The summed E-state index contributed by atoms with van der Waals surface area (Å²) >= 11 is 0. The van der Waals surface area contributed by atoms with Gasteiger partial charge in [0, 0.05) is 6.42 Å². The van der Waals surface area contributed by atoms with E-state index in [-0.39, 0.29) is 0 Å². The van der Waals surface area contributed by atoms with Crippen molar-refractivity contribution in [3.63, 3.8) is 0 Å². The highest BCUT2D eigenvalue weighted by Crippen LogP contribution is 2.29. The van der Waals surface area contributed by atoms with Crippen LogP contribution in [0, 0.1) is 0 Å². The first kappa shape index (κ1) is 9.40. The summed E-state index contributed by atoms with van der Waals surface area (Å²) < 4.78 is 29.9. The van der Waals surface area contributed by atoms with E-state index in [4.69, 9.17) is 10.5 Å². The standard InChI is InChI=1S/C10H11F2NO/c11-10(12)9(13)7-1-2-8-6(5-7)3-4-14-8/h1-2,5,9-10H,3-4,13H2/t9-/m0/s1. The average Bonchev–Trinajstić information content (AvgIpc) is 2.62. The van der Waals surface area contributed by atoms with Crippen LogP contribution < -0.4 is 10.5 Å². The predicted octanol–water partition coefficient (Wildman–Crippen LogP) is 1.89. The number of alkyl halides is 2. The van der Waals surface area contributed by atoms with E-state index in [9.17, 15) is 8.78 Å². The van der Waals surface area contributed by atoms with Crippen LogP contribution in [0.15, 0.2) is 18.2 Å². The van der Waals surface area contributed by atoms with Gasteiger partial charge < -0.3 is 10.5 Å². The SMILES string of the molecule is N[C@@H](c1ccc2c(c1)CCO2)C(F)F. The van der Waals surface area contributed by atoms with Gasteiger partial charge in [0.15, 0.2) is 0 Å². The Kier molecular flexibility index (Phi) is 2.37. The molecule has 1 aromatic carbocycles. The molecule has 1 aromatic rings. The molecule has 0 radical (unpaired) electrons. The summed E-state index contributed by atoms with van der Waals surface area (Å²) in [5, 5.41) is 0. The van der Waals surface area contributed by atoms with Gasteiger partial charge in [0.05, 0.1) is 12.6 Å². The minimum absolute atomic E-state index is 0.476. The van der Waals surface area contributed by atoms with Gasteiger partial charge in [-0.05, 0) is 17.2 Å². The number of ether oxygens (including phenoxy) is 1. The highest BCUT2D eigenvalue weighted by Gasteiger charge is 2.20. The van der Waals surface area contributed by atoms with E-state index >= 15 is 0 Å². The van der Waals surface area contributed by atoms with Crippen molar-refractivity contribution in [2.24, 2.45) is 5.73 Å². The smallest absolute Gasteiger partial charge is 0.257 e. The molecular formula is C10H11F2NO. The number of hydrogen-bond acceptors (Lipinski definition) is 2. The van der Waals surface area contributed by atoms with E-state index in [2.05, 4.69) is 0 Å². The molecule has 1 aliphatic heterocycles. The maximum absolute atomic E-state index is 12.3. The van der Waals surface area contributed by atoms with E-state index in [0.29, 0.717) is 12.2 Å². The summed E-state index contributed by atoms with van der Waals surface area (Å²) in [5.74, 6) is 0.787. The number of hydrogen-bond donors (Lipinski definition) is 1. The zero-order valence-corrected chi connectivity index (χ0v) is 7.54. The Hall–Kier alpha value is -1.16. The van der Waals surface area contributed by atoms with Crippen molar-refractivity contribution in [1.82, 2.24) is 0 Å². The van der Waals surface area contributed by atoms with Crippen LogP contribution in [0.3, 0.4) is 0 Å². The predicted molar refractivity (Wildman–Crippen MR) is 48.6 cm³/mol. The molecule has 2 nitrogen and oxygen atoms in total. The zero-order valence-electron chi connectivity index (χ0n) is 7.54. The third-order valence-electron chi connectivity index (χ3n) is 2.37. The number of benzene rings is 1. The molecule has 14 heavy (non-hydrogen) atoms. The number of nitrogens with two attached hydrogens (primary N) is 1. The molecule has 1 heterocycles. The third-order valence-corrected chi connectivity index (χ3v) is 2.37. The van der Waals surface area contributed by atoms with Gasteiger partial charge in [-0.3, -0.25) is 0 Å². The van der Waals surface area contributed by atoms with Crippen LogP contribution in [0.25, 0.3) is 0 Å². The lowest BCUT2D eigenvalue weighted by molar-refractivity contribution is 0.116. The Morgan fingerprint density at radius 3 is 2.86 bits per heavy atom. The maximum atomic E-state index is 12.3. The van der Waals surface area contributed by atoms with Crippen molar-refractivity contribution in [2.75, 3.05) is 6.61 Å². The summed E-state index contributed by atoms with van der Waals surface area (Å²) in [6.45, 7) is 0.628. The molecule has 0 saturated carbocycles. The lowest BCUT2D eigenvalue weighted by Crippen LogP contribution is -2.18. The molecule has 0 aliphatic carbocycles. The first-order chi connectivity index (χ1) is 6.68. The number of rotatable bonds is 2. The molecule has 0 bridgehead atoms. The highest BCUT2D eigenvalue weighted by atomic mass is 19.3. The molecule has 76 valence electrons. The highest BCUT2D eigenvalue weighted by molar-refractivity contribution is 5.40. The van der Waals surface area contributed by atoms with Gasteiger partial charge in [0.2, 0.25) is 0 Å². The molecule has 1 atom stereocenters. The van der Waals surface area contributed by atoms with E-state index < -0.39 is 12.5 Å². The number of fused-ring (bicyclic) bond motifs is 1. The van der Waals surface area contributed by atoms with Crippen molar-refractivity contribution >= 4 is 0 Å². The molecule has 0 fully saturated rings. The minimum Gasteiger partial charge on any atom is -0.493 e. The van der Waals surface area contributed by atoms with Crippen LogP contribution in [0.1, 0.15) is 17.2 Å². The normalized spacial score (nSPS) is 16.6. The Balaban J connectivity index is 2.28. The maximum Gasteiger partial charge on any atom is 0.257 e. The van der Waals surface area contributed by atoms with Gasteiger partial charge in [0.25, 0.3) is 6.43 Å². The molecule has 0 aromatic heterocycles. The van der Waals surface area contributed by atoms with Crippen LogP contribution in [-0.4, -0.2) is 13.0 Å². The van der Waals surface area contributed by atoms with E-state index in [1.54, 1.807) is 18.2 Å². The molecular weight excluding hydrogens is 188 g/mol. The molecule has 0 spiro atoms. The summed E-state index contributed by atoms with van der Waals surface area (Å²) in [4.78, 5) is 0. The average molecular weight is 199 g/mol.